The van der Waals surface area contributed by atoms with Gasteiger partial charge in [-0.15, -0.1) is 11.3 Å². The van der Waals surface area contributed by atoms with Gasteiger partial charge in [0.05, 0.1) is 21.3 Å². The van der Waals surface area contributed by atoms with E-state index in [1.165, 1.54) is 57.0 Å². The Labute approximate surface area is 222 Å². The van der Waals surface area contributed by atoms with Crippen LogP contribution in [0.5, 0.6) is 0 Å². The second-order valence-corrected chi connectivity index (χ2v) is 13.2. The van der Waals surface area contributed by atoms with Crippen molar-refractivity contribution in [3.8, 4) is 0 Å². The minimum atomic E-state index is -3.67. The zero-order valence-corrected chi connectivity index (χ0v) is 22.7. The zero-order valence-electron chi connectivity index (χ0n) is 20.2. The van der Waals surface area contributed by atoms with Crippen molar-refractivity contribution in [3.05, 3.63) is 76.2 Å². The summed E-state index contributed by atoms with van der Waals surface area (Å²) in [5.41, 5.74) is 0.810. The van der Waals surface area contributed by atoms with Crippen LogP contribution in [0.3, 0.4) is 0 Å². The molecule has 0 N–H and O–H groups in total. The first kappa shape index (κ1) is 25.7. The molecule has 3 heterocycles. The van der Waals surface area contributed by atoms with Crippen molar-refractivity contribution < 1.29 is 17.6 Å². The number of amides is 1. The Morgan fingerprint density at radius 2 is 1.86 bits per heavy atom. The number of aromatic nitrogens is 1. The lowest BCUT2D eigenvalue weighted by molar-refractivity contribution is 0.0987. The number of thiazole rings is 1. The molecular weight excluding hydrogens is 532 g/mol. The van der Waals surface area contributed by atoms with Crippen LogP contribution in [0.25, 0.3) is 10.2 Å². The normalized spacial score (nSPS) is 19.0. The van der Waals surface area contributed by atoms with E-state index in [0.29, 0.717) is 23.3 Å². The molecule has 5 rings (SSSR count). The first-order valence-corrected chi connectivity index (χ1v) is 14.9. The van der Waals surface area contributed by atoms with Crippen LogP contribution in [0, 0.1) is 17.7 Å². The predicted molar refractivity (Wildman–Crippen MR) is 146 cm³/mol. The van der Waals surface area contributed by atoms with E-state index in [9.17, 15) is 17.6 Å². The highest BCUT2D eigenvalue weighted by Gasteiger charge is 2.32. The predicted octanol–water partition coefficient (Wildman–Crippen LogP) is 5.84. The highest BCUT2D eigenvalue weighted by Crippen LogP contribution is 2.31. The second kappa shape index (κ2) is 10.4. The number of benzene rings is 2. The van der Waals surface area contributed by atoms with Gasteiger partial charge >= 0.3 is 0 Å². The van der Waals surface area contributed by atoms with Crippen LogP contribution < -0.4 is 5.01 Å². The third-order valence-corrected chi connectivity index (χ3v) is 9.78. The minimum Gasteiger partial charge on any atom is -0.267 e. The van der Waals surface area contributed by atoms with Crippen LogP contribution in [0.2, 0.25) is 0 Å². The second-order valence-electron chi connectivity index (χ2n) is 9.28. The van der Waals surface area contributed by atoms with Crippen LogP contribution in [0.15, 0.2) is 70.0 Å². The van der Waals surface area contributed by atoms with Gasteiger partial charge in [-0.25, -0.2) is 17.8 Å². The molecule has 0 saturated carbocycles. The smallest absolute Gasteiger partial charge is 0.267 e. The van der Waals surface area contributed by atoms with E-state index < -0.39 is 21.7 Å². The molecule has 0 spiro atoms. The van der Waals surface area contributed by atoms with Crippen LogP contribution in [0.4, 0.5) is 9.52 Å². The molecule has 0 bridgehead atoms. The Morgan fingerprint density at radius 3 is 2.54 bits per heavy atom. The average molecular weight is 557 g/mol. The maximum atomic E-state index is 13.7. The van der Waals surface area contributed by atoms with E-state index in [1.54, 1.807) is 12.3 Å². The number of fused-ring (bicyclic) bond motifs is 1. The van der Waals surface area contributed by atoms with E-state index in [-0.39, 0.29) is 27.4 Å². The zero-order chi connectivity index (χ0) is 26.2. The largest absolute Gasteiger partial charge is 0.280 e. The summed E-state index contributed by atoms with van der Waals surface area (Å²) in [5.74, 6) is -0.290. The highest BCUT2D eigenvalue weighted by molar-refractivity contribution is 7.89. The molecule has 1 fully saturated rings. The number of hydrogen-bond donors (Lipinski definition) is 0. The van der Waals surface area contributed by atoms with Gasteiger partial charge < -0.3 is 0 Å². The van der Waals surface area contributed by atoms with Gasteiger partial charge in [0.2, 0.25) is 15.2 Å². The third kappa shape index (κ3) is 5.49. The van der Waals surface area contributed by atoms with Crippen molar-refractivity contribution in [2.45, 2.75) is 25.2 Å². The molecule has 4 aromatic rings. The molecule has 192 valence electrons. The molecule has 1 aliphatic heterocycles. The SMILES string of the molecule is CC1CC(C)CN(S(=O)(=O)c2ccc(C(=O)N(/N=C/c3cccs3)c3nc4ccc(F)cc4s3)cc2)C1. The number of hydrogen-bond acceptors (Lipinski definition) is 7. The minimum absolute atomic E-state index is 0.148. The topological polar surface area (TPSA) is 82.9 Å². The lowest BCUT2D eigenvalue weighted by Gasteiger charge is -2.34. The molecular formula is C26H25FN4O3S3. The van der Waals surface area contributed by atoms with Crippen LogP contribution in [-0.4, -0.2) is 42.9 Å². The van der Waals surface area contributed by atoms with Gasteiger partial charge in [-0.2, -0.15) is 14.4 Å². The average Bonchev–Trinajstić information content (AvgIpc) is 3.53. The summed E-state index contributed by atoms with van der Waals surface area (Å²) in [7, 11) is -3.67. The maximum Gasteiger partial charge on any atom is 0.280 e. The summed E-state index contributed by atoms with van der Waals surface area (Å²) in [6.45, 7) is 5.08. The number of nitrogens with zero attached hydrogens (tertiary/aromatic N) is 4. The van der Waals surface area contributed by atoms with E-state index in [2.05, 4.69) is 23.9 Å². The molecule has 2 unspecified atom stereocenters. The molecule has 0 aliphatic carbocycles. The van der Waals surface area contributed by atoms with Gasteiger partial charge in [-0.1, -0.05) is 31.3 Å². The number of halogens is 1. The van der Waals surface area contributed by atoms with Crippen LogP contribution in [0.1, 0.15) is 35.5 Å². The highest BCUT2D eigenvalue weighted by atomic mass is 32.2. The number of rotatable bonds is 6. The Kier molecular flexibility index (Phi) is 7.21. The van der Waals surface area contributed by atoms with E-state index in [0.717, 1.165) is 22.6 Å². The summed E-state index contributed by atoms with van der Waals surface area (Å²) in [6, 6.07) is 13.9. The van der Waals surface area contributed by atoms with Gasteiger partial charge in [-0.05, 0) is 72.2 Å². The molecule has 1 saturated heterocycles. The van der Waals surface area contributed by atoms with Crippen molar-refractivity contribution in [1.82, 2.24) is 9.29 Å². The standard InChI is InChI=1S/C26H25FN4O3S3/c1-17-12-18(2)16-30(15-17)37(33,34)22-8-5-19(6-9-22)25(32)31(28-14-21-4-3-11-35-21)26-29-23-10-7-20(27)13-24(23)36-26/h3-11,13-14,17-18H,12,15-16H2,1-2H3/b28-14+. The first-order valence-electron chi connectivity index (χ1n) is 11.8. The monoisotopic (exact) mass is 556 g/mol. The molecule has 2 aromatic heterocycles. The fraction of sp³-hybridized carbons (Fsp3) is 0.269. The van der Waals surface area contributed by atoms with Crippen molar-refractivity contribution >= 4 is 60.2 Å². The number of piperidine rings is 1. The lowest BCUT2D eigenvalue weighted by atomic mass is 9.94. The summed E-state index contributed by atoms with van der Waals surface area (Å²) in [6.07, 6.45) is 2.56. The van der Waals surface area contributed by atoms with Gasteiger partial charge in [-0.3, -0.25) is 4.79 Å². The fourth-order valence-electron chi connectivity index (χ4n) is 4.49. The number of thiophene rings is 1. The lowest BCUT2D eigenvalue weighted by Crippen LogP contribution is -2.42. The van der Waals surface area contributed by atoms with E-state index in [1.807, 2.05) is 17.5 Å². The molecule has 2 aromatic carbocycles. The molecule has 37 heavy (non-hydrogen) atoms. The summed E-state index contributed by atoms with van der Waals surface area (Å²) in [5, 5.41) is 7.74. The van der Waals surface area contributed by atoms with Gasteiger partial charge in [0.1, 0.15) is 5.82 Å². The Bertz CT molecular complexity index is 1540. The molecule has 2 atom stereocenters. The number of carbonyl (C=O) groups excluding carboxylic acids is 1. The van der Waals surface area contributed by atoms with E-state index >= 15 is 0 Å². The van der Waals surface area contributed by atoms with Crippen molar-refractivity contribution in [1.29, 1.82) is 0 Å². The van der Waals surface area contributed by atoms with Crippen LogP contribution in [-0.2, 0) is 10.0 Å². The Hall–Kier alpha value is -2.99. The summed E-state index contributed by atoms with van der Waals surface area (Å²) in [4.78, 5) is 19.0. The number of hydrazone groups is 1. The third-order valence-electron chi connectivity index (χ3n) is 6.13. The Morgan fingerprint density at radius 1 is 1.14 bits per heavy atom. The molecule has 1 aliphatic rings. The molecule has 0 radical (unpaired) electrons. The molecule has 7 nitrogen and oxygen atoms in total. The number of carbonyl (C=O) groups is 1. The quantitative estimate of drug-likeness (QED) is 0.221. The summed E-state index contributed by atoms with van der Waals surface area (Å²) >= 11 is 2.62. The van der Waals surface area contributed by atoms with Gasteiger partial charge in [0.15, 0.2) is 0 Å². The van der Waals surface area contributed by atoms with Crippen molar-refractivity contribution in [2.75, 3.05) is 18.1 Å². The molecule has 1 amide bonds. The van der Waals surface area contributed by atoms with E-state index in [4.69, 9.17) is 0 Å². The fourth-order valence-corrected chi connectivity index (χ4v) is 7.69. The summed E-state index contributed by atoms with van der Waals surface area (Å²) < 4.78 is 42.3. The number of sulfonamides is 1. The first-order chi connectivity index (χ1) is 17.7. The van der Waals surface area contributed by atoms with Crippen molar-refractivity contribution in [3.63, 3.8) is 0 Å². The van der Waals surface area contributed by atoms with Gasteiger partial charge in [0, 0.05) is 23.5 Å². The van der Waals surface area contributed by atoms with Crippen LogP contribution >= 0.6 is 22.7 Å². The van der Waals surface area contributed by atoms with Gasteiger partial charge in [0.25, 0.3) is 5.91 Å². The van der Waals surface area contributed by atoms with Crippen molar-refractivity contribution in [2.24, 2.45) is 16.9 Å². The molecule has 11 heteroatoms. The number of anilines is 1. The Balaban J connectivity index is 1.45. The maximum absolute atomic E-state index is 13.7.